The summed E-state index contributed by atoms with van der Waals surface area (Å²) >= 11 is 0. The molecule has 3 rings (SSSR count). The molecule has 5 heteroatoms. The smallest absolute Gasteiger partial charge is 0.251 e. The number of phenolic OH excluding ortho intramolecular Hbond substituents is 2. The van der Waals surface area contributed by atoms with Gasteiger partial charge in [-0.1, -0.05) is 48.6 Å². The topological polar surface area (TPSA) is 69.6 Å². The summed E-state index contributed by atoms with van der Waals surface area (Å²) in [6.07, 6.45) is 3.61. The largest absolute Gasteiger partial charge is 0.504 e. The van der Waals surface area contributed by atoms with Crippen LogP contribution in [0.2, 0.25) is 0 Å². The van der Waals surface area contributed by atoms with Gasteiger partial charge in [-0.3, -0.25) is 4.79 Å². The van der Waals surface area contributed by atoms with E-state index in [-0.39, 0.29) is 29.8 Å². The molecule has 0 aromatic heterocycles. The third-order valence-corrected chi connectivity index (χ3v) is 4.04. The summed E-state index contributed by atoms with van der Waals surface area (Å²) in [5.74, 6) is -0.979. The number of carbonyl (C=O) groups is 1. The Labute approximate surface area is 156 Å². The lowest BCUT2D eigenvalue weighted by Crippen LogP contribution is -2.23. The van der Waals surface area contributed by atoms with Gasteiger partial charge in [0.1, 0.15) is 5.82 Å². The highest BCUT2D eigenvalue weighted by Crippen LogP contribution is 2.25. The number of hydrogen-bond acceptors (Lipinski definition) is 3. The van der Waals surface area contributed by atoms with Crippen molar-refractivity contribution in [2.45, 2.75) is 6.54 Å². The van der Waals surface area contributed by atoms with Crippen molar-refractivity contribution in [3.8, 4) is 11.5 Å². The molecule has 0 bridgehead atoms. The van der Waals surface area contributed by atoms with Crippen molar-refractivity contribution in [2.75, 3.05) is 0 Å². The quantitative estimate of drug-likeness (QED) is 0.467. The number of rotatable bonds is 5. The second-order valence-electron chi connectivity index (χ2n) is 5.98. The third kappa shape index (κ3) is 4.73. The Balaban J connectivity index is 1.62. The van der Waals surface area contributed by atoms with Gasteiger partial charge in [-0.05, 0) is 41.5 Å². The number of phenols is 2. The van der Waals surface area contributed by atoms with E-state index >= 15 is 0 Å². The Morgan fingerprint density at radius 2 is 1.56 bits per heavy atom. The second-order valence-corrected chi connectivity index (χ2v) is 5.98. The van der Waals surface area contributed by atoms with Crippen LogP contribution in [0, 0.1) is 5.82 Å². The minimum absolute atomic E-state index is 0.123. The van der Waals surface area contributed by atoms with E-state index in [4.69, 9.17) is 0 Å². The van der Waals surface area contributed by atoms with E-state index in [2.05, 4.69) is 5.32 Å². The Kier molecular flexibility index (Phi) is 5.52. The van der Waals surface area contributed by atoms with Gasteiger partial charge in [-0.25, -0.2) is 4.39 Å². The highest BCUT2D eigenvalue weighted by Gasteiger charge is 2.07. The lowest BCUT2D eigenvalue weighted by molar-refractivity contribution is 0.0950. The van der Waals surface area contributed by atoms with Gasteiger partial charge in [0, 0.05) is 17.7 Å². The molecule has 0 spiro atoms. The molecule has 0 heterocycles. The van der Waals surface area contributed by atoms with Crippen molar-refractivity contribution in [3.63, 3.8) is 0 Å². The monoisotopic (exact) mass is 363 g/mol. The van der Waals surface area contributed by atoms with E-state index in [0.29, 0.717) is 11.1 Å². The summed E-state index contributed by atoms with van der Waals surface area (Å²) in [6, 6.07) is 17.8. The van der Waals surface area contributed by atoms with E-state index in [1.807, 2.05) is 6.08 Å². The first-order chi connectivity index (χ1) is 13.0. The van der Waals surface area contributed by atoms with Crippen molar-refractivity contribution < 1.29 is 19.4 Å². The van der Waals surface area contributed by atoms with Gasteiger partial charge in [0.2, 0.25) is 0 Å². The minimum Gasteiger partial charge on any atom is -0.504 e. The Morgan fingerprint density at radius 1 is 0.889 bits per heavy atom. The van der Waals surface area contributed by atoms with E-state index in [1.165, 1.54) is 18.2 Å². The number of nitrogens with one attached hydrogen (secondary N) is 1. The molecule has 0 unspecified atom stereocenters. The van der Waals surface area contributed by atoms with Crippen LogP contribution in [0.15, 0.2) is 66.7 Å². The molecule has 3 aromatic carbocycles. The number of hydrogen-bond donors (Lipinski definition) is 3. The molecule has 4 nitrogen and oxygen atoms in total. The Bertz CT molecular complexity index is 981. The zero-order chi connectivity index (χ0) is 19.2. The molecule has 1 amide bonds. The molecule has 0 fully saturated rings. The van der Waals surface area contributed by atoms with Crippen LogP contribution in [0.4, 0.5) is 4.39 Å². The summed E-state index contributed by atoms with van der Waals surface area (Å²) < 4.78 is 13.6. The first-order valence-electron chi connectivity index (χ1n) is 8.34. The average Bonchev–Trinajstić information content (AvgIpc) is 2.68. The first-order valence-corrected chi connectivity index (χ1v) is 8.34. The fraction of sp³-hybridized carbons (Fsp3) is 0.0455. The molecule has 0 atom stereocenters. The number of carbonyl (C=O) groups excluding carboxylic acids is 1. The fourth-order valence-electron chi connectivity index (χ4n) is 2.50. The van der Waals surface area contributed by atoms with Gasteiger partial charge in [0.15, 0.2) is 11.5 Å². The molecule has 136 valence electrons. The second kappa shape index (κ2) is 8.19. The maximum absolute atomic E-state index is 13.6. The Morgan fingerprint density at radius 3 is 2.26 bits per heavy atom. The zero-order valence-electron chi connectivity index (χ0n) is 14.4. The lowest BCUT2D eigenvalue weighted by Gasteiger charge is -2.06. The zero-order valence-corrected chi connectivity index (χ0v) is 14.4. The van der Waals surface area contributed by atoms with E-state index in [9.17, 15) is 19.4 Å². The van der Waals surface area contributed by atoms with Crippen LogP contribution in [0.25, 0.3) is 12.2 Å². The van der Waals surface area contributed by atoms with Gasteiger partial charge in [0.25, 0.3) is 5.91 Å². The van der Waals surface area contributed by atoms with Crippen molar-refractivity contribution in [3.05, 3.63) is 94.8 Å². The predicted octanol–water partition coefficient (Wildman–Crippen LogP) is 4.34. The molecule has 0 aliphatic carbocycles. The van der Waals surface area contributed by atoms with Crippen molar-refractivity contribution in [1.29, 1.82) is 0 Å². The number of halogens is 1. The molecular formula is C22H18FNO3. The van der Waals surface area contributed by atoms with Crippen LogP contribution in [0.3, 0.4) is 0 Å². The standard InChI is InChI=1S/C22H18FNO3/c23-19-4-2-1-3-18(19)14-24-22(27)17-10-7-15(8-11-17)5-6-16-9-12-20(25)21(26)13-16/h1-13,25-26H,14H2,(H,24,27)/b6-5+. The minimum atomic E-state index is -0.349. The van der Waals surface area contributed by atoms with E-state index in [0.717, 1.165) is 11.1 Å². The molecule has 0 aliphatic rings. The average molecular weight is 363 g/mol. The number of benzene rings is 3. The molecule has 0 radical (unpaired) electrons. The third-order valence-electron chi connectivity index (χ3n) is 4.04. The molecule has 0 saturated carbocycles. The van der Waals surface area contributed by atoms with Crippen molar-refractivity contribution in [2.24, 2.45) is 0 Å². The maximum atomic E-state index is 13.6. The summed E-state index contributed by atoms with van der Waals surface area (Å²) in [5.41, 5.74) is 2.51. The molecule has 0 aliphatic heterocycles. The van der Waals surface area contributed by atoms with Crippen molar-refractivity contribution >= 4 is 18.1 Å². The maximum Gasteiger partial charge on any atom is 0.251 e. The van der Waals surface area contributed by atoms with Gasteiger partial charge in [-0.15, -0.1) is 0 Å². The van der Waals surface area contributed by atoms with Crippen LogP contribution in [0.1, 0.15) is 27.0 Å². The highest BCUT2D eigenvalue weighted by atomic mass is 19.1. The van der Waals surface area contributed by atoms with Crippen LogP contribution in [-0.4, -0.2) is 16.1 Å². The first kappa shape index (κ1) is 18.2. The molecule has 3 aromatic rings. The van der Waals surface area contributed by atoms with E-state index < -0.39 is 0 Å². The molecule has 27 heavy (non-hydrogen) atoms. The number of aromatic hydroxyl groups is 2. The van der Waals surface area contributed by atoms with Gasteiger partial charge < -0.3 is 15.5 Å². The summed E-state index contributed by atoms with van der Waals surface area (Å²) in [5, 5.41) is 21.5. The van der Waals surface area contributed by atoms with Crippen LogP contribution in [-0.2, 0) is 6.54 Å². The van der Waals surface area contributed by atoms with Gasteiger partial charge >= 0.3 is 0 Å². The highest BCUT2D eigenvalue weighted by molar-refractivity contribution is 5.94. The van der Waals surface area contributed by atoms with E-state index in [1.54, 1.807) is 54.6 Å². The van der Waals surface area contributed by atoms with Gasteiger partial charge in [-0.2, -0.15) is 0 Å². The normalized spacial score (nSPS) is 10.9. The Hall–Kier alpha value is -3.60. The molecule has 0 saturated heterocycles. The summed E-state index contributed by atoms with van der Waals surface area (Å²) in [6.45, 7) is 0.123. The molecule has 3 N–H and O–H groups in total. The van der Waals surface area contributed by atoms with Crippen LogP contribution < -0.4 is 5.32 Å². The molecular weight excluding hydrogens is 345 g/mol. The van der Waals surface area contributed by atoms with Crippen LogP contribution in [0.5, 0.6) is 11.5 Å². The van der Waals surface area contributed by atoms with Crippen molar-refractivity contribution in [1.82, 2.24) is 5.32 Å². The van der Waals surface area contributed by atoms with Crippen LogP contribution >= 0.6 is 0 Å². The summed E-state index contributed by atoms with van der Waals surface area (Å²) in [4.78, 5) is 12.2. The lowest BCUT2D eigenvalue weighted by atomic mass is 10.1. The predicted molar refractivity (Wildman–Crippen MR) is 103 cm³/mol. The number of amides is 1. The fourth-order valence-corrected chi connectivity index (χ4v) is 2.50. The SMILES string of the molecule is O=C(NCc1ccccc1F)c1ccc(/C=C/c2ccc(O)c(O)c2)cc1. The van der Waals surface area contributed by atoms with Gasteiger partial charge in [0.05, 0.1) is 0 Å². The summed E-state index contributed by atoms with van der Waals surface area (Å²) in [7, 11) is 0.